The molecule has 2 heterocycles. The summed E-state index contributed by atoms with van der Waals surface area (Å²) in [6.45, 7) is 1.88. The van der Waals surface area contributed by atoms with Crippen molar-refractivity contribution in [1.82, 2.24) is 9.55 Å². The van der Waals surface area contributed by atoms with E-state index < -0.39 is 11.9 Å². The van der Waals surface area contributed by atoms with Gasteiger partial charge in [-0.3, -0.25) is 14.3 Å². The van der Waals surface area contributed by atoms with Crippen molar-refractivity contribution in [3.05, 3.63) is 43.0 Å². The molecule has 0 aliphatic carbocycles. The second-order valence-electron chi connectivity index (χ2n) is 4.18. The Morgan fingerprint density at radius 3 is 3.11 bits per heavy atom. The zero-order valence-electron chi connectivity index (χ0n) is 9.87. The predicted molar refractivity (Wildman–Crippen MR) is 63.2 cm³/mol. The number of nitrogens with one attached hydrogen (secondary N) is 1. The monoisotopic (exact) mass is 251 g/mol. The number of aryl methyl sites for hydroxylation is 1. The summed E-state index contributed by atoms with van der Waals surface area (Å²) in [6.07, 6.45) is 2.27. The lowest BCUT2D eigenvalue weighted by Crippen LogP contribution is -2.33. The van der Waals surface area contributed by atoms with Crippen molar-refractivity contribution in [2.45, 2.75) is 32.1 Å². The van der Waals surface area contributed by atoms with Gasteiger partial charge in [0.05, 0.1) is 12.6 Å². The highest BCUT2D eigenvalue weighted by Gasteiger charge is 2.26. The second kappa shape index (κ2) is 5.07. The Balaban J connectivity index is 2.19. The molecule has 2 unspecified atom stereocenters. The van der Waals surface area contributed by atoms with Gasteiger partial charge in [0.1, 0.15) is 6.23 Å². The first-order valence-electron chi connectivity index (χ1n) is 5.60. The molecular weight excluding hydrogens is 238 g/mol. The molecule has 8 nitrogen and oxygen atoms in total. The molecule has 1 aliphatic rings. The van der Waals surface area contributed by atoms with Crippen LogP contribution in [0, 0.1) is 6.92 Å². The number of rotatable bonds is 3. The van der Waals surface area contributed by atoms with Gasteiger partial charge in [-0.2, -0.15) is 0 Å². The van der Waals surface area contributed by atoms with E-state index in [4.69, 9.17) is 10.3 Å². The Kier molecular flexibility index (Phi) is 3.50. The highest BCUT2D eigenvalue weighted by Crippen LogP contribution is 2.27. The molecule has 0 aromatic carbocycles. The van der Waals surface area contributed by atoms with Gasteiger partial charge in [-0.05, 0) is 25.3 Å². The van der Waals surface area contributed by atoms with Crippen molar-refractivity contribution in [2.24, 2.45) is 5.11 Å². The quantitative estimate of drug-likeness (QED) is 0.487. The largest absolute Gasteiger partial charge is 0.355 e. The molecule has 18 heavy (non-hydrogen) atoms. The molecule has 96 valence electrons. The van der Waals surface area contributed by atoms with Crippen molar-refractivity contribution >= 4 is 0 Å². The van der Waals surface area contributed by atoms with E-state index in [1.54, 1.807) is 6.92 Å². The maximum atomic E-state index is 11.6. The van der Waals surface area contributed by atoms with Gasteiger partial charge in [0.15, 0.2) is 0 Å². The lowest BCUT2D eigenvalue weighted by molar-refractivity contribution is 0.00354. The molecule has 0 amide bonds. The van der Waals surface area contributed by atoms with Gasteiger partial charge < -0.3 is 4.74 Å². The standard InChI is InChI=1S/C10H13N5O3/c1-6-5-15(10(17)13-9(6)16)8-3-2-7(18-8)4-12-14-11/h5,7-8H,2-4H2,1H3,(H,13,16,17). The fourth-order valence-electron chi connectivity index (χ4n) is 1.95. The SMILES string of the molecule is Cc1cn(C2CCC(CN=[N+]=[N-])O2)c(=O)[nH]c1=O. The van der Waals surface area contributed by atoms with Crippen LogP contribution in [0.25, 0.3) is 10.4 Å². The summed E-state index contributed by atoms with van der Waals surface area (Å²) < 4.78 is 6.97. The molecule has 1 aromatic rings. The highest BCUT2D eigenvalue weighted by molar-refractivity contribution is 5.01. The van der Waals surface area contributed by atoms with Gasteiger partial charge in [-0.25, -0.2) is 4.79 Å². The smallest absolute Gasteiger partial charge is 0.330 e. The zero-order chi connectivity index (χ0) is 13.1. The molecule has 1 N–H and O–H groups in total. The molecule has 0 bridgehead atoms. The van der Waals surface area contributed by atoms with Gasteiger partial charge >= 0.3 is 5.69 Å². The minimum absolute atomic E-state index is 0.176. The summed E-state index contributed by atoms with van der Waals surface area (Å²) in [5.74, 6) is 0. The number of ether oxygens (including phenoxy) is 1. The van der Waals surface area contributed by atoms with Crippen LogP contribution in [-0.2, 0) is 4.74 Å². The Hall–Kier alpha value is -2.05. The average Bonchev–Trinajstić information content (AvgIpc) is 2.79. The van der Waals surface area contributed by atoms with Crippen LogP contribution in [0.2, 0.25) is 0 Å². The van der Waals surface area contributed by atoms with Crippen molar-refractivity contribution in [1.29, 1.82) is 0 Å². The maximum Gasteiger partial charge on any atom is 0.330 e. The molecule has 2 rings (SSSR count). The van der Waals surface area contributed by atoms with E-state index >= 15 is 0 Å². The summed E-state index contributed by atoms with van der Waals surface area (Å²) in [5, 5.41) is 3.45. The Bertz CT molecular complexity index is 598. The highest BCUT2D eigenvalue weighted by atomic mass is 16.5. The van der Waals surface area contributed by atoms with E-state index in [1.165, 1.54) is 10.8 Å². The summed E-state index contributed by atoms with van der Waals surface area (Å²) in [7, 11) is 0. The fraction of sp³-hybridized carbons (Fsp3) is 0.600. The summed E-state index contributed by atoms with van der Waals surface area (Å²) in [5.41, 5.74) is 7.81. The van der Waals surface area contributed by atoms with Gasteiger partial charge in [0.25, 0.3) is 5.56 Å². The van der Waals surface area contributed by atoms with Gasteiger partial charge in [0, 0.05) is 16.7 Å². The molecule has 1 aromatic heterocycles. The fourth-order valence-corrected chi connectivity index (χ4v) is 1.95. The third-order valence-electron chi connectivity index (χ3n) is 2.89. The Morgan fingerprint density at radius 1 is 1.61 bits per heavy atom. The first kappa shape index (κ1) is 12.4. The van der Waals surface area contributed by atoms with E-state index in [0.717, 1.165) is 0 Å². The van der Waals surface area contributed by atoms with E-state index in [1.807, 2.05) is 0 Å². The van der Waals surface area contributed by atoms with Crippen LogP contribution in [0.1, 0.15) is 24.6 Å². The molecule has 8 heteroatoms. The minimum atomic E-state index is -0.486. The molecule has 1 aliphatic heterocycles. The number of nitrogens with zero attached hydrogens (tertiary/aromatic N) is 4. The lowest BCUT2D eigenvalue weighted by atomic mass is 10.2. The minimum Gasteiger partial charge on any atom is -0.355 e. The van der Waals surface area contributed by atoms with Crippen LogP contribution in [0.5, 0.6) is 0 Å². The number of H-pyrrole nitrogens is 1. The second-order valence-corrected chi connectivity index (χ2v) is 4.18. The first-order valence-corrected chi connectivity index (χ1v) is 5.60. The molecule has 1 fully saturated rings. The van der Waals surface area contributed by atoms with Gasteiger partial charge in [0.2, 0.25) is 0 Å². The zero-order valence-corrected chi connectivity index (χ0v) is 9.87. The van der Waals surface area contributed by atoms with Crippen LogP contribution in [0.3, 0.4) is 0 Å². The molecule has 0 radical (unpaired) electrons. The van der Waals surface area contributed by atoms with Crippen LogP contribution in [0.4, 0.5) is 0 Å². The van der Waals surface area contributed by atoms with Gasteiger partial charge in [-0.1, -0.05) is 5.11 Å². The molecule has 0 spiro atoms. The Morgan fingerprint density at radius 2 is 2.39 bits per heavy atom. The summed E-state index contributed by atoms with van der Waals surface area (Å²) >= 11 is 0. The lowest BCUT2D eigenvalue weighted by Gasteiger charge is -2.15. The van der Waals surface area contributed by atoms with Crippen molar-refractivity contribution in [3.8, 4) is 0 Å². The van der Waals surface area contributed by atoms with E-state index in [2.05, 4.69) is 15.0 Å². The summed E-state index contributed by atoms with van der Waals surface area (Å²) in [4.78, 5) is 27.8. The molecular formula is C10H13N5O3. The van der Waals surface area contributed by atoms with Gasteiger partial charge in [-0.15, -0.1) is 0 Å². The van der Waals surface area contributed by atoms with Crippen molar-refractivity contribution < 1.29 is 4.74 Å². The van der Waals surface area contributed by atoms with Crippen molar-refractivity contribution in [2.75, 3.05) is 6.54 Å². The normalized spacial score (nSPS) is 22.7. The summed E-state index contributed by atoms with van der Waals surface area (Å²) in [6, 6.07) is 0. The van der Waals surface area contributed by atoms with E-state index in [0.29, 0.717) is 18.4 Å². The number of aromatic nitrogens is 2. The molecule has 1 saturated heterocycles. The average molecular weight is 251 g/mol. The van der Waals surface area contributed by atoms with Crippen molar-refractivity contribution in [3.63, 3.8) is 0 Å². The number of hydrogen-bond acceptors (Lipinski definition) is 4. The predicted octanol–water partition coefficient (Wildman–Crippen LogP) is 0.833. The first-order chi connectivity index (χ1) is 8.61. The topological polar surface area (TPSA) is 113 Å². The number of hydrogen-bond donors (Lipinski definition) is 1. The van der Waals surface area contributed by atoms with Crippen LogP contribution < -0.4 is 11.2 Å². The van der Waals surface area contributed by atoms with E-state index in [-0.39, 0.29) is 18.2 Å². The van der Waals surface area contributed by atoms with Crippen LogP contribution >= 0.6 is 0 Å². The maximum absolute atomic E-state index is 11.6. The third-order valence-corrected chi connectivity index (χ3v) is 2.89. The third kappa shape index (κ3) is 2.44. The van der Waals surface area contributed by atoms with Crippen LogP contribution in [-0.4, -0.2) is 22.2 Å². The number of aromatic amines is 1. The number of azide groups is 1. The van der Waals surface area contributed by atoms with Crippen LogP contribution in [0.15, 0.2) is 20.9 Å². The Labute approximate surface area is 102 Å². The molecule has 2 atom stereocenters. The molecule has 0 saturated carbocycles. The van der Waals surface area contributed by atoms with E-state index in [9.17, 15) is 9.59 Å².